The SMILES string of the molecule is COc1cc(Cl)ccc1-c1noc(CNCC(C)C)n1. The van der Waals surface area contributed by atoms with E-state index in [9.17, 15) is 0 Å². The van der Waals surface area contributed by atoms with Crippen molar-refractivity contribution in [3.63, 3.8) is 0 Å². The highest BCUT2D eigenvalue weighted by atomic mass is 35.5. The van der Waals surface area contributed by atoms with Gasteiger partial charge in [-0.25, -0.2) is 0 Å². The van der Waals surface area contributed by atoms with Gasteiger partial charge >= 0.3 is 0 Å². The van der Waals surface area contributed by atoms with E-state index in [0.717, 1.165) is 12.1 Å². The number of nitrogens with zero attached hydrogens (tertiary/aromatic N) is 2. The van der Waals surface area contributed by atoms with Crippen LogP contribution < -0.4 is 10.1 Å². The molecule has 0 radical (unpaired) electrons. The average molecular weight is 296 g/mol. The molecule has 0 atom stereocenters. The van der Waals surface area contributed by atoms with E-state index in [1.54, 1.807) is 19.2 Å². The third kappa shape index (κ3) is 3.71. The van der Waals surface area contributed by atoms with Crippen LogP contribution in [0.4, 0.5) is 0 Å². The van der Waals surface area contributed by atoms with E-state index in [0.29, 0.717) is 34.9 Å². The number of rotatable bonds is 6. The van der Waals surface area contributed by atoms with Crippen molar-refractivity contribution in [2.45, 2.75) is 20.4 Å². The Bertz CT molecular complexity index is 569. The van der Waals surface area contributed by atoms with Crippen LogP contribution in [0, 0.1) is 5.92 Å². The molecule has 0 spiro atoms. The van der Waals surface area contributed by atoms with Gasteiger partial charge < -0.3 is 14.6 Å². The van der Waals surface area contributed by atoms with Crippen LogP contribution in [0.2, 0.25) is 5.02 Å². The van der Waals surface area contributed by atoms with Crippen LogP contribution in [0.15, 0.2) is 22.7 Å². The minimum absolute atomic E-state index is 0.500. The van der Waals surface area contributed by atoms with Crippen molar-refractivity contribution >= 4 is 11.6 Å². The molecular formula is C14H18ClN3O2. The summed E-state index contributed by atoms with van der Waals surface area (Å²) >= 11 is 5.93. The molecule has 1 aromatic heterocycles. The normalized spacial score (nSPS) is 11.1. The van der Waals surface area contributed by atoms with Gasteiger partial charge in [0, 0.05) is 5.02 Å². The van der Waals surface area contributed by atoms with Gasteiger partial charge in [-0.3, -0.25) is 0 Å². The number of hydrogen-bond donors (Lipinski definition) is 1. The Labute approximate surface area is 123 Å². The fourth-order valence-electron chi connectivity index (χ4n) is 1.75. The maximum atomic E-state index is 5.93. The second-order valence-electron chi connectivity index (χ2n) is 4.88. The first-order valence-electron chi connectivity index (χ1n) is 6.47. The minimum Gasteiger partial charge on any atom is -0.496 e. The Morgan fingerprint density at radius 1 is 1.40 bits per heavy atom. The van der Waals surface area contributed by atoms with Crippen molar-refractivity contribution in [2.24, 2.45) is 5.92 Å². The summed E-state index contributed by atoms with van der Waals surface area (Å²) in [6.07, 6.45) is 0. The van der Waals surface area contributed by atoms with Crippen LogP contribution in [-0.4, -0.2) is 23.8 Å². The summed E-state index contributed by atoms with van der Waals surface area (Å²) in [5, 5.41) is 7.83. The van der Waals surface area contributed by atoms with E-state index >= 15 is 0 Å². The smallest absolute Gasteiger partial charge is 0.240 e. The summed E-state index contributed by atoms with van der Waals surface area (Å²) in [5.74, 6) is 2.26. The Kier molecular flexibility index (Phi) is 4.98. The monoisotopic (exact) mass is 295 g/mol. The molecule has 20 heavy (non-hydrogen) atoms. The van der Waals surface area contributed by atoms with Crippen molar-refractivity contribution in [3.8, 4) is 17.1 Å². The van der Waals surface area contributed by atoms with Gasteiger partial charge in [0.1, 0.15) is 5.75 Å². The van der Waals surface area contributed by atoms with Crippen LogP contribution in [0.25, 0.3) is 11.4 Å². The minimum atomic E-state index is 0.500. The van der Waals surface area contributed by atoms with E-state index in [1.807, 2.05) is 6.07 Å². The summed E-state index contributed by atoms with van der Waals surface area (Å²) in [6, 6.07) is 5.31. The number of ether oxygens (including phenoxy) is 1. The second kappa shape index (κ2) is 6.72. The largest absolute Gasteiger partial charge is 0.496 e. The predicted octanol–water partition coefficient (Wildman–Crippen LogP) is 3.14. The lowest BCUT2D eigenvalue weighted by molar-refractivity contribution is 0.363. The zero-order valence-corrected chi connectivity index (χ0v) is 12.6. The molecule has 108 valence electrons. The summed E-state index contributed by atoms with van der Waals surface area (Å²) in [4.78, 5) is 4.35. The molecule has 0 aliphatic carbocycles. The molecule has 0 saturated carbocycles. The van der Waals surface area contributed by atoms with E-state index < -0.39 is 0 Å². The number of aromatic nitrogens is 2. The topological polar surface area (TPSA) is 60.2 Å². The van der Waals surface area contributed by atoms with Gasteiger partial charge in [0.15, 0.2) is 0 Å². The summed E-state index contributed by atoms with van der Waals surface area (Å²) in [7, 11) is 1.58. The standard InChI is InChI=1S/C14H18ClN3O2/c1-9(2)7-16-8-13-17-14(18-20-13)11-5-4-10(15)6-12(11)19-3/h4-6,9,16H,7-8H2,1-3H3. The number of methoxy groups -OCH3 is 1. The molecule has 2 rings (SSSR count). The molecule has 0 unspecified atom stereocenters. The lowest BCUT2D eigenvalue weighted by atomic mass is 10.2. The average Bonchev–Trinajstić information content (AvgIpc) is 2.86. The number of hydrogen-bond acceptors (Lipinski definition) is 5. The molecule has 1 N–H and O–H groups in total. The Balaban J connectivity index is 2.12. The molecule has 0 aliphatic rings. The zero-order valence-electron chi connectivity index (χ0n) is 11.8. The van der Waals surface area contributed by atoms with E-state index in [2.05, 4.69) is 29.3 Å². The molecule has 2 aromatic rings. The quantitative estimate of drug-likeness (QED) is 0.887. The molecule has 0 fully saturated rings. The van der Waals surface area contributed by atoms with Crippen LogP contribution >= 0.6 is 11.6 Å². The predicted molar refractivity (Wildman–Crippen MR) is 77.8 cm³/mol. The van der Waals surface area contributed by atoms with Crippen molar-refractivity contribution in [1.82, 2.24) is 15.5 Å². The molecule has 1 heterocycles. The summed E-state index contributed by atoms with van der Waals surface area (Å²) < 4.78 is 10.5. The molecule has 0 amide bonds. The molecular weight excluding hydrogens is 278 g/mol. The van der Waals surface area contributed by atoms with Gasteiger partial charge in [-0.2, -0.15) is 4.98 Å². The number of benzene rings is 1. The first-order chi connectivity index (χ1) is 9.60. The lowest BCUT2D eigenvalue weighted by Gasteiger charge is -2.05. The molecule has 5 nitrogen and oxygen atoms in total. The summed E-state index contributed by atoms with van der Waals surface area (Å²) in [5.41, 5.74) is 0.760. The maximum Gasteiger partial charge on any atom is 0.240 e. The highest BCUT2D eigenvalue weighted by Crippen LogP contribution is 2.30. The van der Waals surface area contributed by atoms with Crippen molar-refractivity contribution in [3.05, 3.63) is 29.1 Å². The number of nitrogens with one attached hydrogen (secondary N) is 1. The second-order valence-corrected chi connectivity index (χ2v) is 5.32. The van der Waals surface area contributed by atoms with Gasteiger partial charge in [-0.1, -0.05) is 30.6 Å². The lowest BCUT2D eigenvalue weighted by Crippen LogP contribution is -2.19. The summed E-state index contributed by atoms with van der Waals surface area (Å²) in [6.45, 7) is 5.75. The molecule has 0 aliphatic heterocycles. The van der Waals surface area contributed by atoms with E-state index in [4.69, 9.17) is 20.9 Å². The Morgan fingerprint density at radius 3 is 2.90 bits per heavy atom. The van der Waals surface area contributed by atoms with E-state index in [-0.39, 0.29) is 0 Å². The third-order valence-corrected chi connectivity index (χ3v) is 2.94. The molecule has 1 aromatic carbocycles. The van der Waals surface area contributed by atoms with Crippen molar-refractivity contribution in [2.75, 3.05) is 13.7 Å². The fraction of sp³-hybridized carbons (Fsp3) is 0.429. The van der Waals surface area contributed by atoms with Gasteiger partial charge in [-0.05, 0) is 30.7 Å². The first kappa shape index (κ1) is 14.8. The highest BCUT2D eigenvalue weighted by Gasteiger charge is 2.13. The third-order valence-electron chi connectivity index (χ3n) is 2.70. The van der Waals surface area contributed by atoms with Gasteiger partial charge in [0.2, 0.25) is 11.7 Å². The van der Waals surface area contributed by atoms with E-state index in [1.165, 1.54) is 0 Å². The molecule has 0 bridgehead atoms. The maximum absolute atomic E-state index is 5.93. The Hall–Kier alpha value is -1.59. The zero-order chi connectivity index (χ0) is 14.5. The van der Waals surface area contributed by atoms with Crippen molar-refractivity contribution in [1.29, 1.82) is 0 Å². The molecule has 0 saturated heterocycles. The fourth-order valence-corrected chi connectivity index (χ4v) is 1.92. The van der Waals surface area contributed by atoms with Crippen LogP contribution in [0.1, 0.15) is 19.7 Å². The number of halogens is 1. The van der Waals surface area contributed by atoms with Crippen LogP contribution in [0.3, 0.4) is 0 Å². The van der Waals surface area contributed by atoms with Crippen molar-refractivity contribution < 1.29 is 9.26 Å². The first-order valence-corrected chi connectivity index (χ1v) is 6.85. The molecule has 6 heteroatoms. The van der Waals surface area contributed by atoms with Gasteiger partial charge in [-0.15, -0.1) is 0 Å². The Morgan fingerprint density at radius 2 is 2.20 bits per heavy atom. The highest BCUT2D eigenvalue weighted by molar-refractivity contribution is 6.30. The van der Waals surface area contributed by atoms with Crippen LogP contribution in [-0.2, 0) is 6.54 Å². The van der Waals surface area contributed by atoms with Gasteiger partial charge in [0.05, 0.1) is 19.2 Å². The van der Waals surface area contributed by atoms with Crippen LogP contribution in [0.5, 0.6) is 5.75 Å². The van der Waals surface area contributed by atoms with Gasteiger partial charge in [0.25, 0.3) is 0 Å².